The largest absolute Gasteiger partial charge is 0.383 e. The number of methoxy groups -OCH3 is 1. The second-order valence-electron chi connectivity index (χ2n) is 5.05. The second-order valence-corrected chi connectivity index (χ2v) is 5.43. The predicted molar refractivity (Wildman–Crippen MR) is 79.7 cm³/mol. The van der Waals surface area contributed by atoms with Gasteiger partial charge in [0.15, 0.2) is 0 Å². The van der Waals surface area contributed by atoms with Crippen LogP contribution in [0.3, 0.4) is 0 Å². The first-order chi connectivity index (χ1) is 10.0. The predicted octanol–water partition coefficient (Wildman–Crippen LogP) is 0.576. The van der Waals surface area contributed by atoms with Crippen LogP contribution >= 0.6 is 11.6 Å². The number of hydrogen-bond donors (Lipinski definition) is 1. The van der Waals surface area contributed by atoms with Crippen LogP contribution in [0.4, 0.5) is 5.69 Å². The Morgan fingerprint density at radius 3 is 2.95 bits per heavy atom. The van der Waals surface area contributed by atoms with Gasteiger partial charge in [-0.05, 0) is 6.42 Å². The molecule has 0 aliphatic carbocycles. The molecule has 0 aromatic carbocycles. The topological polar surface area (TPSA) is 76.5 Å². The molecule has 1 atom stereocenters. The van der Waals surface area contributed by atoms with Crippen molar-refractivity contribution in [1.82, 2.24) is 14.7 Å². The number of amides is 1. The lowest BCUT2D eigenvalue weighted by atomic mass is 10.1. The molecule has 1 aliphatic rings. The molecule has 116 valence electrons. The van der Waals surface area contributed by atoms with E-state index in [0.29, 0.717) is 38.2 Å². The highest BCUT2D eigenvalue weighted by Crippen LogP contribution is 2.20. The summed E-state index contributed by atoms with van der Waals surface area (Å²) in [5, 5.41) is 7.38. The Kier molecular flexibility index (Phi) is 5.19. The van der Waals surface area contributed by atoms with Gasteiger partial charge >= 0.3 is 0 Å². The molecular weight excluding hydrogens is 296 g/mol. The summed E-state index contributed by atoms with van der Waals surface area (Å²) >= 11 is 6.10. The number of hydrogen-bond acceptors (Lipinski definition) is 5. The normalized spacial score (nSPS) is 18.9. The third kappa shape index (κ3) is 3.74. The third-order valence-corrected chi connectivity index (χ3v) is 3.84. The van der Waals surface area contributed by atoms with Crippen LogP contribution in [0, 0.1) is 0 Å². The molecule has 1 aromatic heterocycles. The molecule has 0 spiro atoms. The first kappa shape index (κ1) is 15.8. The van der Waals surface area contributed by atoms with Gasteiger partial charge in [-0.2, -0.15) is 5.10 Å². The fraction of sp³-hybridized carbons (Fsp3) is 0.615. The van der Waals surface area contributed by atoms with E-state index in [4.69, 9.17) is 16.3 Å². The number of nitrogens with one attached hydrogen (secondary N) is 1. The average Bonchev–Trinajstić information content (AvgIpc) is 2.47. The molecule has 1 aliphatic heterocycles. The highest BCUT2D eigenvalue weighted by molar-refractivity contribution is 6.32. The van der Waals surface area contributed by atoms with Gasteiger partial charge in [0.05, 0.1) is 25.0 Å². The molecule has 0 radical (unpaired) electrons. The third-order valence-electron chi connectivity index (χ3n) is 3.48. The Morgan fingerprint density at radius 2 is 2.29 bits per heavy atom. The maximum atomic E-state index is 12.1. The number of ether oxygens (including phenoxy) is 1. The van der Waals surface area contributed by atoms with Crippen LogP contribution < -0.4 is 10.9 Å². The summed E-state index contributed by atoms with van der Waals surface area (Å²) in [5.74, 6) is 0.132. The molecule has 0 bridgehead atoms. The first-order valence-corrected chi connectivity index (χ1v) is 7.15. The van der Waals surface area contributed by atoms with Gasteiger partial charge in [-0.3, -0.25) is 9.59 Å². The van der Waals surface area contributed by atoms with Crippen molar-refractivity contribution in [3.05, 3.63) is 21.6 Å². The molecule has 21 heavy (non-hydrogen) atoms. The minimum absolute atomic E-state index is 0.0706. The number of anilines is 1. The van der Waals surface area contributed by atoms with E-state index < -0.39 is 0 Å². The molecule has 7 nitrogen and oxygen atoms in total. The molecule has 1 N–H and O–H groups in total. The number of aromatic nitrogens is 2. The van der Waals surface area contributed by atoms with Gasteiger partial charge in [0.1, 0.15) is 5.02 Å². The number of carbonyl (C=O) groups is 1. The summed E-state index contributed by atoms with van der Waals surface area (Å²) in [7, 11) is 3.32. The van der Waals surface area contributed by atoms with Crippen LogP contribution in [0.15, 0.2) is 11.0 Å². The molecule has 1 fully saturated rings. The summed E-state index contributed by atoms with van der Waals surface area (Å²) in [5.41, 5.74) is 0.155. The van der Waals surface area contributed by atoms with E-state index in [1.165, 1.54) is 10.9 Å². The lowest BCUT2D eigenvalue weighted by molar-refractivity contribution is -0.132. The maximum Gasteiger partial charge on any atom is 0.287 e. The lowest BCUT2D eigenvalue weighted by Crippen LogP contribution is -2.43. The molecule has 2 rings (SSSR count). The lowest BCUT2D eigenvalue weighted by Gasteiger charge is -2.30. The van der Waals surface area contributed by atoms with Gasteiger partial charge in [0.25, 0.3) is 5.56 Å². The monoisotopic (exact) mass is 314 g/mol. The van der Waals surface area contributed by atoms with Gasteiger partial charge in [0.2, 0.25) is 5.91 Å². The van der Waals surface area contributed by atoms with Crippen LogP contribution in [0.1, 0.15) is 12.8 Å². The highest BCUT2D eigenvalue weighted by atomic mass is 35.5. The van der Waals surface area contributed by atoms with Gasteiger partial charge in [0, 0.05) is 33.2 Å². The molecule has 0 saturated carbocycles. The molecule has 8 heteroatoms. The van der Waals surface area contributed by atoms with Crippen LogP contribution in [0.2, 0.25) is 5.02 Å². The zero-order valence-electron chi connectivity index (χ0n) is 12.1. The molecule has 1 aromatic rings. The van der Waals surface area contributed by atoms with E-state index in [9.17, 15) is 9.59 Å². The number of carbonyl (C=O) groups excluding carboxylic acids is 1. The number of halogens is 1. The quantitative estimate of drug-likeness (QED) is 0.860. The molecule has 1 unspecified atom stereocenters. The molecule has 1 saturated heterocycles. The van der Waals surface area contributed by atoms with Crippen molar-refractivity contribution >= 4 is 23.2 Å². The van der Waals surface area contributed by atoms with Crippen LogP contribution in [-0.2, 0) is 16.1 Å². The summed E-state index contributed by atoms with van der Waals surface area (Å²) < 4.78 is 6.19. The fourth-order valence-electron chi connectivity index (χ4n) is 2.25. The Bertz CT molecular complexity index is 575. The van der Waals surface area contributed by atoms with Crippen molar-refractivity contribution in [2.75, 3.05) is 32.6 Å². The molecule has 2 heterocycles. The summed E-state index contributed by atoms with van der Waals surface area (Å²) in [6.45, 7) is 1.34. The molecular formula is C13H19ClN4O3. The Labute approximate surface area is 127 Å². The standard InChI is InChI=1S/C13H19ClN4O3/c1-17-8-9(3-4-11(17)19)16-10-7-15-18(5-6-21-2)13(20)12(10)14/h7,9,16H,3-6,8H2,1-2H3. The van der Waals surface area contributed by atoms with Crippen LogP contribution in [0.5, 0.6) is 0 Å². The van der Waals surface area contributed by atoms with E-state index in [1.807, 2.05) is 0 Å². The Balaban J connectivity index is 2.09. The molecule has 1 amide bonds. The van der Waals surface area contributed by atoms with Crippen LogP contribution in [-0.4, -0.2) is 53.9 Å². The van der Waals surface area contributed by atoms with Crippen molar-refractivity contribution in [2.45, 2.75) is 25.4 Å². The smallest absolute Gasteiger partial charge is 0.287 e. The number of piperidine rings is 1. The van der Waals surface area contributed by atoms with E-state index >= 15 is 0 Å². The van der Waals surface area contributed by atoms with Crippen LogP contribution in [0.25, 0.3) is 0 Å². The number of likely N-dealkylation sites (tertiary alicyclic amines) is 1. The van der Waals surface area contributed by atoms with Gasteiger partial charge in [-0.15, -0.1) is 0 Å². The maximum absolute atomic E-state index is 12.1. The zero-order valence-corrected chi connectivity index (χ0v) is 12.9. The zero-order chi connectivity index (χ0) is 15.4. The Hall–Kier alpha value is -1.60. The van der Waals surface area contributed by atoms with Crippen molar-refractivity contribution in [3.63, 3.8) is 0 Å². The first-order valence-electron chi connectivity index (χ1n) is 6.78. The fourth-order valence-corrected chi connectivity index (χ4v) is 2.45. The van der Waals surface area contributed by atoms with Gasteiger partial charge in [-0.1, -0.05) is 11.6 Å². The van der Waals surface area contributed by atoms with E-state index in [-0.39, 0.29) is 22.5 Å². The number of rotatable bonds is 5. The summed E-state index contributed by atoms with van der Waals surface area (Å²) in [6, 6.07) is 0.0706. The number of nitrogens with zero attached hydrogens (tertiary/aromatic N) is 3. The van der Waals surface area contributed by atoms with Crippen molar-refractivity contribution in [2.24, 2.45) is 0 Å². The minimum Gasteiger partial charge on any atom is -0.383 e. The van der Waals surface area contributed by atoms with E-state index in [1.54, 1.807) is 19.1 Å². The van der Waals surface area contributed by atoms with E-state index in [0.717, 1.165) is 0 Å². The van der Waals surface area contributed by atoms with Crippen molar-refractivity contribution < 1.29 is 9.53 Å². The van der Waals surface area contributed by atoms with Gasteiger partial charge < -0.3 is 15.0 Å². The van der Waals surface area contributed by atoms with Crippen molar-refractivity contribution in [1.29, 1.82) is 0 Å². The summed E-state index contributed by atoms with van der Waals surface area (Å²) in [4.78, 5) is 25.2. The SMILES string of the molecule is COCCn1ncc(NC2CCC(=O)N(C)C2)c(Cl)c1=O. The average molecular weight is 315 g/mol. The Morgan fingerprint density at radius 1 is 1.52 bits per heavy atom. The van der Waals surface area contributed by atoms with Crippen molar-refractivity contribution in [3.8, 4) is 0 Å². The summed E-state index contributed by atoms with van der Waals surface area (Å²) in [6.07, 6.45) is 2.74. The van der Waals surface area contributed by atoms with E-state index in [2.05, 4.69) is 10.4 Å². The minimum atomic E-state index is -0.348. The second kappa shape index (κ2) is 6.91. The highest BCUT2D eigenvalue weighted by Gasteiger charge is 2.23. The number of likely N-dealkylation sites (N-methyl/N-ethyl adjacent to an activating group) is 1. The van der Waals surface area contributed by atoms with Gasteiger partial charge in [-0.25, -0.2) is 4.68 Å².